The van der Waals surface area contributed by atoms with Gasteiger partial charge in [-0.25, -0.2) is 0 Å². The van der Waals surface area contributed by atoms with Gasteiger partial charge < -0.3 is 0 Å². The van der Waals surface area contributed by atoms with Crippen LogP contribution in [0.25, 0.3) is 0 Å². The van der Waals surface area contributed by atoms with Crippen LogP contribution in [0.1, 0.15) is 39.5 Å². The standard InChI is InChI=1S/C11H20ClN/c1-11(2)10(12)6-7-13(11)8-9-4-3-5-9/h9-10H,3-8H2,1-2H3. The molecular formula is C11H20ClN. The fraction of sp³-hybridized carbons (Fsp3) is 1.00. The van der Waals surface area contributed by atoms with Crippen molar-refractivity contribution in [1.82, 2.24) is 4.90 Å². The Labute approximate surface area is 86.4 Å². The minimum absolute atomic E-state index is 0.233. The first-order valence-electron chi connectivity index (χ1n) is 5.50. The highest BCUT2D eigenvalue weighted by molar-refractivity contribution is 6.21. The van der Waals surface area contributed by atoms with Gasteiger partial charge in [0, 0.05) is 18.6 Å². The molecule has 0 amide bonds. The van der Waals surface area contributed by atoms with Gasteiger partial charge in [-0.05, 0) is 39.0 Å². The zero-order valence-corrected chi connectivity index (χ0v) is 9.48. The van der Waals surface area contributed by atoms with Crippen molar-refractivity contribution in [2.45, 2.75) is 50.4 Å². The van der Waals surface area contributed by atoms with E-state index in [4.69, 9.17) is 11.6 Å². The SMILES string of the molecule is CC1(C)C(Cl)CCN1CC1CCC1. The third-order valence-corrected chi connectivity index (χ3v) is 4.69. The zero-order chi connectivity index (χ0) is 9.47. The molecule has 0 aromatic carbocycles. The first-order valence-corrected chi connectivity index (χ1v) is 5.93. The van der Waals surface area contributed by atoms with Crippen LogP contribution in [-0.4, -0.2) is 28.9 Å². The lowest BCUT2D eigenvalue weighted by molar-refractivity contribution is 0.119. The molecule has 1 saturated carbocycles. The largest absolute Gasteiger partial charge is 0.296 e. The molecule has 76 valence electrons. The Morgan fingerprint density at radius 2 is 2.00 bits per heavy atom. The molecule has 1 heterocycles. The van der Waals surface area contributed by atoms with Gasteiger partial charge >= 0.3 is 0 Å². The summed E-state index contributed by atoms with van der Waals surface area (Å²) in [4.78, 5) is 2.59. The Balaban J connectivity index is 1.91. The van der Waals surface area contributed by atoms with E-state index in [9.17, 15) is 0 Å². The summed E-state index contributed by atoms with van der Waals surface area (Å²) in [6.45, 7) is 7.07. The molecule has 13 heavy (non-hydrogen) atoms. The quantitative estimate of drug-likeness (QED) is 0.622. The van der Waals surface area contributed by atoms with Crippen molar-refractivity contribution >= 4 is 11.6 Å². The van der Waals surface area contributed by atoms with Crippen molar-refractivity contribution in [3.63, 3.8) is 0 Å². The number of likely N-dealkylation sites (tertiary alicyclic amines) is 1. The Morgan fingerprint density at radius 1 is 1.31 bits per heavy atom. The third kappa shape index (κ3) is 1.73. The van der Waals surface area contributed by atoms with Crippen molar-refractivity contribution in [2.24, 2.45) is 5.92 Å². The molecule has 2 rings (SSSR count). The van der Waals surface area contributed by atoms with E-state index < -0.39 is 0 Å². The van der Waals surface area contributed by atoms with Gasteiger partial charge in [0.25, 0.3) is 0 Å². The van der Waals surface area contributed by atoms with E-state index in [1.807, 2.05) is 0 Å². The van der Waals surface area contributed by atoms with Gasteiger partial charge in [0.2, 0.25) is 0 Å². The number of alkyl halides is 1. The molecule has 2 aliphatic rings. The Bertz CT molecular complexity index is 187. The molecule has 1 nitrogen and oxygen atoms in total. The molecule has 2 heteroatoms. The zero-order valence-electron chi connectivity index (χ0n) is 8.72. The molecule has 0 aromatic heterocycles. The van der Waals surface area contributed by atoms with E-state index in [2.05, 4.69) is 18.7 Å². The summed E-state index contributed by atoms with van der Waals surface area (Å²) < 4.78 is 0. The van der Waals surface area contributed by atoms with Crippen molar-refractivity contribution < 1.29 is 0 Å². The highest BCUT2D eigenvalue weighted by Crippen LogP contribution is 2.36. The summed E-state index contributed by atoms with van der Waals surface area (Å²) in [6, 6.07) is 0. The van der Waals surface area contributed by atoms with Crippen molar-refractivity contribution in [2.75, 3.05) is 13.1 Å². The number of nitrogens with zero attached hydrogens (tertiary/aromatic N) is 1. The highest BCUT2D eigenvalue weighted by Gasteiger charge is 2.41. The Kier molecular flexibility index (Phi) is 2.59. The van der Waals surface area contributed by atoms with E-state index in [1.54, 1.807) is 0 Å². The number of rotatable bonds is 2. The molecule has 2 fully saturated rings. The highest BCUT2D eigenvalue weighted by atomic mass is 35.5. The number of halogens is 1. The minimum Gasteiger partial charge on any atom is -0.296 e. The number of hydrogen-bond acceptors (Lipinski definition) is 1. The van der Waals surface area contributed by atoms with E-state index in [0.29, 0.717) is 5.38 Å². The number of hydrogen-bond donors (Lipinski definition) is 0. The molecule has 1 aliphatic carbocycles. The van der Waals surface area contributed by atoms with Crippen LogP contribution in [-0.2, 0) is 0 Å². The van der Waals surface area contributed by atoms with Crippen LogP contribution in [0.4, 0.5) is 0 Å². The summed E-state index contributed by atoms with van der Waals surface area (Å²) in [5.74, 6) is 0.973. The summed E-state index contributed by atoms with van der Waals surface area (Å²) in [5.41, 5.74) is 0.233. The Morgan fingerprint density at radius 3 is 2.38 bits per heavy atom. The van der Waals surface area contributed by atoms with Crippen LogP contribution >= 0.6 is 11.6 Å². The predicted molar refractivity (Wildman–Crippen MR) is 57.3 cm³/mol. The topological polar surface area (TPSA) is 3.24 Å². The van der Waals surface area contributed by atoms with Crippen LogP contribution in [0.2, 0.25) is 0 Å². The molecule has 1 aliphatic heterocycles. The third-order valence-electron chi connectivity index (χ3n) is 3.94. The summed E-state index contributed by atoms with van der Waals surface area (Å²) >= 11 is 6.30. The van der Waals surface area contributed by atoms with Crippen LogP contribution in [0, 0.1) is 5.92 Å². The lowest BCUT2D eigenvalue weighted by Crippen LogP contribution is -2.46. The molecule has 1 atom stereocenters. The minimum atomic E-state index is 0.233. The molecule has 1 unspecified atom stereocenters. The average Bonchev–Trinajstić information content (AvgIpc) is 2.22. The molecular weight excluding hydrogens is 182 g/mol. The van der Waals surface area contributed by atoms with Gasteiger partial charge in [-0.15, -0.1) is 11.6 Å². The average molecular weight is 202 g/mol. The monoisotopic (exact) mass is 201 g/mol. The van der Waals surface area contributed by atoms with Gasteiger partial charge in [-0.2, -0.15) is 0 Å². The fourth-order valence-corrected chi connectivity index (χ4v) is 2.66. The summed E-state index contributed by atoms with van der Waals surface area (Å²) in [7, 11) is 0. The van der Waals surface area contributed by atoms with E-state index in [1.165, 1.54) is 38.8 Å². The van der Waals surface area contributed by atoms with Gasteiger partial charge in [0.05, 0.1) is 5.38 Å². The van der Waals surface area contributed by atoms with Crippen LogP contribution in [0.3, 0.4) is 0 Å². The van der Waals surface area contributed by atoms with E-state index >= 15 is 0 Å². The molecule has 0 aromatic rings. The lowest BCUT2D eigenvalue weighted by Gasteiger charge is -2.38. The van der Waals surface area contributed by atoms with Crippen molar-refractivity contribution in [3.8, 4) is 0 Å². The molecule has 1 saturated heterocycles. The normalized spacial score (nSPS) is 34.8. The fourth-order valence-electron chi connectivity index (χ4n) is 2.42. The predicted octanol–water partition coefficient (Wildman–Crippen LogP) is 2.88. The second-order valence-corrected chi connectivity index (χ2v) is 5.68. The van der Waals surface area contributed by atoms with E-state index in [0.717, 1.165) is 5.92 Å². The lowest BCUT2D eigenvalue weighted by atomic mass is 9.84. The maximum absolute atomic E-state index is 6.30. The second-order valence-electron chi connectivity index (χ2n) is 5.15. The molecule has 0 bridgehead atoms. The molecule has 0 N–H and O–H groups in total. The molecule has 0 radical (unpaired) electrons. The maximum Gasteiger partial charge on any atom is 0.0526 e. The maximum atomic E-state index is 6.30. The van der Waals surface area contributed by atoms with Crippen LogP contribution in [0.5, 0.6) is 0 Å². The summed E-state index contributed by atoms with van der Waals surface area (Å²) in [6.07, 6.45) is 5.50. The van der Waals surface area contributed by atoms with Crippen LogP contribution < -0.4 is 0 Å². The molecule has 0 spiro atoms. The van der Waals surface area contributed by atoms with Gasteiger partial charge in [-0.3, -0.25) is 4.90 Å². The second kappa shape index (κ2) is 3.43. The van der Waals surface area contributed by atoms with Crippen molar-refractivity contribution in [3.05, 3.63) is 0 Å². The van der Waals surface area contributed by atoms with E-state index in [-0.39, 0.29) is 5.54 Å². The van der Waals surface area contributed by atoms with Crippen LogP contribution in [0.15, 0.2) is 0 Å². The summed E-state index contributed by atoms with van der Waals surface area (Å²) in [5, 5.41) is 0.354. The first kappa shape index (κ1) is 9.79. The van der Waals surface area contributed by atoms with Gasteiger partial charge in [0.15, 0.2) is 0 Å². The smallest absolute Gasteiger partial charge is 0.0526 e. The van der Waals surface area contributed by atoms with Gasteiger partial charge in [-0.1, -0.05) is 6.42 Å². The Hall–Kier alpha value is 0.250. The van der Waals surface area contributed by atoms with Crippen molar-refractivity contribution in [1.29, 1.82) is 0 Å². The first-order chi connectivity index (χ1) is 6.10. The van der Waals surface area contributed by atoms with Gasteiger partial charge in [0.1, 0.15) is 0 Å².